The number of nitrogens with one attached hydrogen (secondary N) is 1. The van der Waals surface area contributed by atoms with E-state index in [-0.39, 0.29) is 5.91 Å². The molecule has 0 unspecified atom stereocenters. The van der Waals surface area contributed by atoms with Gasteiger partial charge in [-0.05, 0) is 76.3 Å². The summed E-state index contributed by atoms with van der Waals surface area (Å²) in [6.07, 6.45) is 1.07. The number of methoxy groups -OCH3 is 1. The molecule has 0 saturated heterocycles. The topological polar surface area (TPSA) is 64.4 Å². The zero-order valence-electron chi connectivity index (χ0n) is 17.9. The lowest BCUT2D eigenvalue weighted by atomic mass is 9.98. The third kappa shape index (κ3) is 4.59. The van der Waals surface area contributed by atoms with Gasteiger partial charge >= 0.3 is 0 Å². The number of hydrogen-bond donors (Lipinski definition) is 1. The molecule has 0 bridgehead atoms. The Hall–Kier alpha value is -2.64. The summed E-state index contributed by atoms with van der Waals surface area (Å²) >= 11 is 6.85. The van der Waals surface area contributed by atoms with Crippen molar-refractivity contribution in [3.63, 3.8) is 0 Å². The Morgan fingerprint density at radius 1 is 1.16 bits per heavy atom. The number of fused-ring (bicyclic) bond motifs is 1. The van der Waals surface area contributed by atoms with Crippen molar-refractivity contribution in [2.45, 2.75) is 26.2 Å². The number of carbonyl (C=O) groups is 1. The lowest BCUT2D eigenvalue weighted by Gasteiger charge is -2.12. The maximum absolute atomic E-state index is 12.9. The quantitative estimate of drug-likeness (QED) is 0.263. The Kier molecular flexibility index (Phi) is 6.67. The van der Waals surface area contributed by atoms with Crippen molar-refractivity contribution in [3.05, 3.63) is 74.7 Å². The van der Waals surface area contributed by atoms with Gasteiger partial charge in [-0.1, -0.05) is 41.9 Å². The van der Waals surface area contributed by atoms with Gasteiger partial charge in [-0.15, -0.1) is 0 Å². The standard InChI is InChI=1S/C25H22Br2N2O3/c1-4-14(2)15-8-9-22-21(11-15)29-25(32-22)16-6-5-7-18(10-16)28-24(30)19-12-17(26)13-20(27)23(19)31-3/h5-14H,4H2,1-3H3,(H,28,30)/t14-/m0/s1. The molecule has 0 saturated carbocycles. The van der Waals surface area contributed by atoms with E-state index in [0.717, 1.165) is 27.6 Å². The van der Waals surface area contributed by atoms with Crippen molar-refractivity contribution in [1.29, 1.82) is 0 Å². The number of carbonyl (C=O) groups excluding carboxylic acids is 1. The summed E-state index contributed by atoms with van der Waals surface area (Å²) in [6, 6.07) is 17.1. The van der Waals surface area contributed by atoms with E-state index >= 15 is 0 Å². The van der Waals surface area contributed by atoms with Gasteiger partial charge in [-0.3, -0.25) is 4.79 Å². The van der Waals surface area contributed by atoms with Crippen LogP contribution >= 0.6 is 31.9 Å². The fourth-order valence-electron chi connectivity index (χ4n) is 3.48. The minimum Gasteiger partial charge on any atom is -0.495 e. The van der Waals surface area contributed by atoms with Gasteiger partial charge in [0.2, 0.25) is 5.89 Å². The number of nitrogens with zero attached hydrogens (tertiary/aromatic N) is 1. The number of hydrogen-bond acceptors (Lipinski definition) is 4. The number of ether oxygens (including phenoxy) is 1. The molecule has 1 amide bonds. The van der Waals surface area contributed by atoms with Gasteiger partial charge < -0.3 is 14.5 Å². The molecule has 0 radical (unpaired) electrons. The Morgan fingerprint density at radius 3 is 2.72 bits per heavy atom. The van der Waals surface area contributed by atoms with Crippen LogP contribution in [0, 0.1) is 0 Å². The number of oxazole rings is 1. The first-order valence-electron chi connectivity index (χ1n) is 10.2. The molecule has 0 fully saturated rings. The highest BCUT2D eigenvalue weighted by Gasteiger charge is 2.17. The van der Waals surface area contributed by atoms with E-state index in [2.05, 4.69) is 68.1 Å². The van der Waals surface area contributed by atoms with Crippen molar-refractivity contribution in [3.8, 4) is 17.2 Å². The molecule has 1 atom stereocenters. The van der Waals surface area contributed by atoms with Gasteiger partial charge in [0.25, 0.3) is 5.91 Å². The molecule has 0 aliphatic heterocycles. The Balaban J connectivity index is 1.63. The predicted octanol–water partition coefficient (Wildman–Crippen LogP) is 7.79. The Labute approximate surface area is 203 Å². The first-order valence-corrected chi connectivity index (χ1v) is 11.8. The molecule has 1 N–H and O–H groups in total. The van der Waals surface area contributed by atoms with Gasteiger partial charge in [0.15, 0.2) is 5.58 Å². The fourth-order valence-corrected chi connectivity index (χ4v) is 4.86. The number of rotatable bonds is 6. The summed E-state index contributed by atoms with van der Waals surface area (Å²) in [5.74, 6) is 1.17. The summed E-state index contributed by atoms with van der Waals surface area (Å²) in [6.45, 7) is 4.37. The molecule has 1 aromatic heterocycles. The Bertz CT molecular complexity index is 1300. The maximum Gasteiger partial charge on any atom is 0.259 e. The summed E-state index contributed by atoms with van der Waals surface area (Å²) < 4.78 is 12.8. The molecule has 164 valence electrons. The highest BCUT2D eigenvalue weighted by Crippen LogP contribution is 2.34. The van der Waals surface area contributed by atoms with Crippen LogP contribution in [0.5, 0.6) is 5.75 Å². The van der Waals surface area contributed by atoms with E-state index in [9.17, 15) is 4.79 Å². The average Bonchev–Trinajstić information content (AvgIpc) is 3.21. The molecule has 4 rings (SSSR count). The molecule has 0 aliphatic carbocycles. The minimum absolute atomic E-state index is 0.281. The highest BCUT2D eigenvalue weighted by molar-refractivity contribution is 9.11. The van der Waals surface area contributed by atoms with Crippen LogP contribution in [-0.2, 0) is 0 Å². The smallest absolute Gasteiger partial charge is 0.259 e. The molecule has 7 heteroatoms. The van der Waals surface area contributed by atoms with Crippen molar-refractivity contribution in [1.82, 2.24) is 4.98 Å². The fraction of sp³-hybridized carbons (Fsp3) is 0.200. The van der Waals surface area contributed by atoms with E-state index in [4.69, 9.17) is 9.15 Å². The SMILES string of the molecule is CC[C@H](C)c1ccc2oc(-c3cccc(NC(=O)c4cc(Br)cc(Br)c4OC)c3)nc2c1. The van der Waals surface area contributed by atoms with Gasteiger partial charge in [0.1, 0.15) is 11.3 Å². The van der Waals surface area contributed by atoms with Crippen LogP contribution in [-0.4, -0.2) is 18.0 Å². The highest BCUT2D eigenvalue weighted by atomic mass is 79.9. The van der Waals surface area contributed by atoms with Crippen LogP contribution in [0.15, 0.2) is 68.0 Å². The van der Waals surface area contributed by atoms with E-state index in [0.29, 0.717) is 33.3 Å². The molecule has 3 aromatic carbocycles. The first-order chi connectivity index (χ1) is 15.4. The van der Waals surface area contributed by atoms with Crippen LogP contribution in [0.4, 0.5) is 5.69 Å². The lowest BCUT2D eigenvalue weighted by molar-refractivity contribution is 0.102. The van der Waals surface area contributed by atoms with E-state index in [1.54, 1.807) is 6.07 Å². The van der Waals surface area contributed by atoms with Gasteiger partial charge in [0, 0.05) is 15.7 Å². The molecule has 1 heterocycles. The summed E-state index contributed by atoms with van der Waals surface area (Å²) in [7, 11) is 1.53. The second kappa shape index (κ2) is 9.46. The zero-order chi connectivity index (χ0) is 22.8. The van der Waals surface area contributed by atoms with E-state index in [1.165, 1.54) is 12.7 Å². The van der Waals surface area contributed by atoms with Crippen LogP contribution in [0.2, 0.25) is 0 Å². The molecule has 0 spiro atoms. The van der Waals surface area contributed by atoms with Crippen molar-refractivity contribution < 1.29 is 13.9 Å². The zero-order valence-corrected chi connectivity index (χ0v) is 21.1. The number of aromatic nitrogens is 1. The molecular formula is C25H22Br2N2O3. The van der Waals surface area contributed by atoms with E-state index in [1.807, 2.05) is 36.4 Å². The number of anilines is 1. The molecule has 0 aliphatic rings. The lowest BCUT2D eigenvalue weighted by Crippen LogP contribution is -2.13. The number of halogens is 2. The third-order valence-electron chi connectivity index (χ3n) is 5.42. The maximum atomic E-state index is 12.9. The average molecular weight is 558 g/mol. The number of benzene rings is 3. The van der Waals surface area contributed by atoms with Crippen LogP contribution in [0.3, 0.4) is 0 Å². The summed E-state index contributed by atoms with van der Waals surface area (Å²) in [4.78, 5) is 17.6. The van der Waals surface area contributed by atoms with Crippen molar-refractivity contribution >= 4 is 54.6 Å². The molecular weight excluding hydrogens is 536 g/mol. The summed E-state index contributed by atoms with van der Waals surface area (Å²) in [5, 5.41) is 2.93. The van der Waals surface area contributed by atoms with Gasteiger partial charge in [-0.2, -0.15) is 0 Å². The predicted molar refractivity (Wildman–Crippen MR) is 134 cm³/mol. The number of amides is 1. The minimum atomic E-state index is -0.281. The van der Waals surface area contributed by atoms with Crippen molar-refractivity contribution in [2.75, 3.05) is 12.4 Å². The summed E-state index contributed by atoms with van der Waals surface area (Å²) in [5.41, 5.74) is 4.65. The monoisotopic (exact) mass is 556 g/mol. The van der Waals surface area contributed by atoms with E-state index < -0.39 is 0 Å². The van der Waals surface area contributed by atoms with Crippen LogP contribution < -0.4 is 10.1 Å². The van der Waals surface area contributed by atoms with Gasteiger partial charge in [-0.25, -0.2) is 4.98 Å². The third-order valence-corrected chi connectivity index (χ3v) is 6.46. The largest absolute Gasteiger partial charge is 0.495 e. The first kappa shape index (κ1) is 22.6. The molecule has 32 heavy (non-hydrogen) atoms. The normalized spacial score (nSPS) is 12.0. The van der Waals surface area contributed by atoms with Crippen molar-refractivity contribution in [2.24, 2.45) is 0 Å². The van der Waals surface area contributed by atoms with Crippen LogP contribution in [0.25, 0.3) is 22.6 Å². The Morgan fingerprint density at radius 2 is 1.97 bits per heavy atom. The second-order valence-electron chi connectivity index (χ2n) is 7.56. The van der Waals surface area contributed by atoms with Gasteiger partial charge in [0.05, 0.1) is 17.1 Å². The molecule has 4 aromatic rings. The molecule has 5 nitrogen and oxygen atoms in total. The second-order valence-corrected chi connectivity index (χ2v) is 9.33. The van der Waals surface area contributed by atoms with Crippen LogP contribution in [0.1, 0.15) is 42.1 Å².